The Labute approximate surface area is 104 Å². The molecule has 17 heavy (non-hydrogen) atoms. The van der Waals surface area contributed by atoms with E-state index in [9.17, 15) is 4.79 Å². The van der Waals surface area contributed by atoms with E-state index in [2.05, 4.69) is 18.3 Å². The first-order chi connectivity index (χ1) is 8.22. The molecule has 0 saturated carbocycles. The largest absolute Gasteiger partial charge is 0.353 e. The number of hydrogen-bond donors (Lipinski definition) is 1. The Morgan fingerprint density at radius 2 is 2.18 bits per heavy atom. The van der Waals surface area contributed by atoms with Gasteiger partial charge in [-0.25, -0.2) is 0 Å². The molecule has 0 bridgehead atoms. The topological polar surface area (TPSA) is 29.1 Å². The first-order valence-electron chi connectivity index (χ1n) is 6.25. The van der Waals surface area contributed by atoms with Gasteiger partial charge in [-0.3, -0.25) is 4.79 Å². The van der Waals surface area contributed by atoms with E-state index in [0.29, 0.717) is 0 Å². The quantitative estimate of drug-likeness (QED) is 0.590. The lowest BCUT2D eigenvalue weighted by Crippen LogP contribution is -2.21. The van der Waals surface area contributed by atoms with Gasteiger partial charge in [0.1, 0.15) is 0 Å². The fourth-order valence-electron chi connectivity index (χ4n) is 1.59. The Balaban J connectivity index is 2.35. The molecule has 2 heteroatoms. The number of benzene rings is 1. The second-order valence-electron chi connectivity index (χ2n) is 4.25. The van der Waals surface area contributed by atoms with E-state index < -0.39 is 0 Å². The Hall–Kier alpha value is -1.57. The molecule has 1 amide bonds. The molecule has 0 heterocycles. The molecule has 0 aromatic heterocycles. The van der Waals surface area contributed by atoms with Crippen molar-refractivity contribution in [3.63, 3.8) is 0 Å². The summed E-state index contributed by atoms with van der Waals surface area (Å²) in [5.41, 5.74) is 2.27. The highest BCUT2D eigenvalue weighted by atomic mass is 16.1. The predicted molar refractivity (Wildman–Crippen MR) is 72.7 cm³/mol. The second kappa shape index (κ2) is 7.66. The van der Waals surface area contributed by atoms with E-state index in [-0.39, 0.29) is 5.91 Å². The van der Waals surface area contributed by atoms with Crippen LogP contribution in [0.4, 0.5) is 0 Å². The van der Waals surface area contributed by atoms with E-state index in [1.165, 1.54) is 18.4 Å². The van der Waals surface area contributed by atoms with Crippen molar-refractivity contribution in [3.8, 4) is 0 Å². The molecule has 0 fully saturated rings. The van der Waals surface area contributed by atoms with Crippen LogP contribution in [0.1, 0.15) is 37.3 Å². The Morgan fingerprint density at radius 3 is 2.88 bits per heavy atom. The van der Waals surface area contributed by atoms with E-state index in [4.69, 9.17) is 0 Å². The van der Waals surface area contributed by atoms with Gasteiger partial charge in [-0.15, -0.1) is 0 Å². The van der Waals surface area contributed by atoms with Crippen molar-refractivity contribution >= 4 is 12.0 Å². The number of carbonyl (C=O) groups excluding carboxylic acids is 1. The number of hydrogen-bond acceptors (Lipinski definition) is 1. The first-order valence-corrected chi connectivity index (χ1v) is 6.25. The van der Waals surface area contributed by atoms with Crippen LogP contribution in [0.5, 0.6) is 0 Å². The Morgan fingerprint density at radius 1 is 1.35 bits per heavy atom. The molecule has 0 saturated heterocycles. The molecule has 0 radical (unpaired) electrons. The fourth-order valence-corrected chi connectivity index (χ4v) is 1.59. The monoisotopic (exact) mass is 231 g/mol. The van der Waals surface area contributed by atoms with Crippen LogP contribution in [-0.4, -0.2) is 12.5 Å². The summed E-state index contributed by atoms with van der Waals surface area (Å²) < 4.78 is 0. The predicted octanol–water partition coefficient (Wildman–Crippen LogP) is 3.31. The normalized spacial score (nSPS) is 10.7. The van der Waals surface area contributed by atoms with Gasteiger partial charge >= 0.3 is 0 Å². The van der Waals surface area contributed by atoms with Crippen molar-refractivity contribution in [1.82, 2.24) is 5.32 Å². The Bertz CT molecular complexity index is 382. The SMILES string of the molecule is CCCCCNC(=O)/C=C/c1cccc(C)c1. The zero-order chi connectivity index (χ0) is 12.5. The molecule has 1 rings (SSSR count). The number of rotatable bonds is 6. The highest BCUT2D eigenvalue weighted by molar-refractivity contribution is 5.91. The second-order valence-corrected chi connectivity index (χ2v) is 4.25. The summed E-state index contributed by atoms with van der Waals surface area (Å²) in [5, 5.41) is 2.88. The Kier molecular flexibility index (Phi) is 6.08. The average Bonchev–Trinajstić information content (AvgIpc) is 2.32. The molecule has 92 valence electrons. The van der Waals surface area contributed by atoms with E-state index in [1.807, 2.05) is 31.2 Å². The van der Waals surface area contributed by atoms with Gasteiger partial charge in [0.15, 0.2) is 0 Å². The molecule has 0 aliphatic heterocycles. The summed E-state index contributed by atoms with van der Waals surface area (Å²) in [5.74, 6) is -0.0115. The molecular weight excluding hydrogens is 210 g/mol. The third kappa shape index (κ3) is 5.91. The van der Waals surface area contributed by atoms with Gasteiger partial charge in [-0.05, 0) is 25.0 Å². The van der Waals surface area contributed by atoms with Crippen LogP contribution in [0.25, 0.3) is 6.08 Å². The molecule has 0 spiro atoms. The standard InChI is InChI=1S/C15H21NO/c1-3-4-5-11-16-15(17)10-9-14-8-6-7-13(2)12-14/h6-10,12H,3-5,11H2,1-2H3,(H,16,17)/b10-9+. The van der Waals surface area contributed by atoms with E-state index in [1.54, 1.807) is 6.08 Å². The fraction of sp³-hybridized carbons (Fsp3) is 0.400. The third-order valence-corrected chi connectivity index (χ3v) is 2.55. The number of nitrogens with one attached hydrogen (secondary N) is 1. The van der Waals surface area contributed by atoms with Gasteiger partial charge in [-0.1, -0.05) is 49.6 Å². The smallest absolute Gasteiger partial charge is 0.243 e. The summed E-state index contributed by atoms with van der Waals surface area (Å²) >= 11 is 0. The molecule has 0 aliphatic carbocycles. The van der Waals surface area contributed by atoms with Crippen molar-refractivity contribution < 1.29 is 4.79 Å². The minimum absolute atomic E-state index is 0.0115. The lowest BCUT2D eigenvalue weighted by atomic mass is 10.1. The number of aryl methyl sites for hydroxylation is 1. The number of amides is 1. The van der Waals surface area contributed by atoms with Gasteiger partial charge in [-0.2, -0.15) is 0 Å². The molecule has 1 aromatic rings. The van der Waals surface area contributed by atoms with E-state index in [0.717, 1.165) is 18.5 Å². The highest BCUT2D eigenvalue weighted by Crippen LogP contribution is 2.05. The molecule has 0 unspecified atom stereocenters. The molecule has 0 atom stereocenters. The first kappa shape index (κ1) is 13.5. The highest BCUT2D eigenvalue weighted by Gasteiger charge is 1.94. The molecular formula is C15H21NO. The van der Waals surface area contributed by atoms with Gasteiger partial charge in [0.25, 0.3) is 0 Å². The van der Waals surface area contributed by atoms with Crippen LogP contribution < -0.4 is 5.32 Å². The van der Waals surface area contributed by atoms with Gasteiger partial charge in [0.2, 0.25) is 5.91 Å². The minimum atomic E-state index is -0.0115. The molecule has 2 nitrogen and oxygen atoms in total. The third-order valence-electron chi connectivity index (χ3n) is 2.55. The maximum Gasteiger partial charge on any atom is 0.243 e. The van der Waals surface area contributed by atoms with E-state index >= 15 is 0 Å². The van der Waals surface area contributed by atoms with Gasteiger partial charge < -0.3 is 5.32 Å². The molecule has 1 aromatic carbocycles. The molecule has 1 N–H and O–H groups in total. The van der Waals surface area contributed by atoms with Crippen molar-refractivity contribution in [1.29, 1.82) is 0 Å². The summed E-state index contributed by atoms with van der Waals surface area (Å²) in [6, 6.07) is 8.09. The minimum Gasteiger partial charge on any atom is -0.353 e. The zero-order valence-electron chi connectivity index (χ0n) is 10.7. The summed E-state index contributed by atoms with van der Waals surface area (Å²) in [7, 11) is 0. The average molecular weight is 231 g/mol. The lowest BCUT2D eigenvalue weighted by Gasteiger charge is -2.00. The maximum absolute atomic E-state index is 11.5. The van der Waals surface area contributed by atoms with Crippen LogP contribution in [0.2, 0.25) is 0 Å². The summed E-state index contributed by atoms with van der Waals surface area (Å²) in [6.07, 6.45) is 6.85. The summed E-state index contributed by atoms with van der Waals surface area (Å²) in [4.78, 5) is 11.5. The van der Waals surface area contributed by atoms with Crippen LogP contribution in [-0.2, 0) is 4.79 Å². The number of carbonyl (C=O) groups is 1. The molecule has 0 aliphatic rings. The van der Waals surface area contributed by atoms with Crippen molar-refractivity contribution in [3.05, 3.63) is 41.5 Å². The van der Waals surface area contributed by atoms with Gasteiger partial charge in [0, 0.05) is 12.6 Å². The van der Waals surface area contributed by atoms with Crippen molar-refractivity contribution in [2.75, 3.05) is 6.54 Å². The maximum atomic E-state index is 11.5. The van der Waals surface area contributed by atoms with Crippen LogP contribution in [0.3, 0.4) is 0 Å². The van der Waals surface area contributed by atoms with Crippen LogP contribution in [0, 0.1) is 6.92 Å². The van der Waals surface area contributed by atoms with Crippen LogP contribution >= 0.6 is 0 Å². The van der Waals surface area contributed by atoms with Crippen LogP contribution in [0.15, 0.2) is 30.3 Å². The summed E-state index contributed by atoms with van der Waals surface area (Å²) in [6.45, 7) is 4.96. The van der Waals surface area contributed by atoms with Crippen molar-refractivity contribution in [2.24, 2.45) is 0 Å². The lowest BCUT2D eigenvalue weighted by molar-refractivity contribution is -0.116. The number of unbranched alkanes of at least 4 members (excludes halogenated alkanes) is 2. The zero-order valence-corrected chi connectivity index (χ0v) is 10.7. The van der Waals surface area contributed by atoms with Crippen molar-refractivity contribution in [2.45, 2.75) is 33.1 Å². The van der Waals surface area contributed by atoms with Gasteiger partial charge in [0.05, 0.1) is 0 Å².